The number of nitrogens with zero attached hydrogens (tertiary/aromatic N) is 1. The lowest BCUT2D eigenvalue weighted by molar-refractivity contribution is 0.216. The van der Waals surface area contributed by atoms with E-state index in [2.05, 4.69) is 41.5 Å². The van der Waals surface area contributed by atoms with Gasteiger partial charge in [0.15, 0.2) is 5.11 Å². The van der Waals surface area contributed by atoms with Gasteiger partial charge in [-0.05, 0) is 50.2 Å². The minimum atomic E-state index is 0.506. The summed E-state index contributed by atoms with van der Waals surface area (Å²) in [6, 6.07) is 8.72. The zero-order valence-electron chi connectivity index (χ0n) is 11.8. The highest BCUT2D eigenvalue weighted by atomic mass is 32.1. The van der Waals surface area contributed by atoms with Crippen molar-refractivity contribution in [3.63, 3.8) is 0 Å². The van der Waals surface area contributed by atoms with Crippen molar-refractivity contribution < 1.29 is 0 Å². The zero-order chi connectivity index (χ0) is 13.7. The van der Waals surface area contributed by atoms with Gasteiger partial charge in [0, 0.05) is 24.8 Å². The molecule has 0 unspecified atom stereocenters. The number of benzene rings is 1. The number of piperidine rings is 1. The number of likely N-dealkylation sites (tertiary alicyclic amines) is 1. The van der Waals surface area contributed by atoms with Gasteiger partial charge in [-0.25, -0.2) is 0 Å². The molecule has 1 aliphatic rings. The fraction of sp³-hybridized carbons (Fsp3) is 0.533. The number of para-hydroxylation sites is 1. The summed E-state index contributed by atoms with van der Waals surface area (Å²) in [5.74, 6) is 0. The molecule has 1 heterocycles. The number of anilines is 1. The second-order valence-electron chi connectivity index (χ2n) is 5.12. The summed E-state index contributed by atoms with van der Waals surface area (Å²) in [4.78, 5) is 2.48. The average molecular weight is 277 g/mol. The first kappa shape index (κ1) is 14.3. The quantitative estimate of drug-likeness (QED) is 0.831. The summed E-state index contributed by atoms with van der Waals surface area (Å²) in [5.41, 5.74) is 2.30. The lowest BCUT2D eigenvalue weighted by Crippen LogP contribution is -2.45. The SMILES string of the molecule is CCN1CCC(NC(=S)Nc2ccccc2C)CC1. The van der Waals surface area contributed by atoms with E-state index < -0.39 is 0 Å². The smallest absolute Gasteiger partial charge is 0.171 e. The molecule has 19 heavy (non-hydrogen) atoms. The van der Waals surface area contributed by atoms with E-state index in [0.29, 0.717) is 6.04 Å². The lowest BCUT2D eigenvalue weighted by Gasteiger charge is -2.32. The fourth-order valence-electron chi connectivity index (χ4n) is 2.45. The molecule has 0 spiro atoms. The van der Waals surface area contributed by atoms with Crippen LogP contribution in [0, 0.1) is 6.92 Å². The summed E-state index contributed by atoms with van der Waals surface area (Å²) < 4.78 is 0. The van der Waals surface area contributed by atoms with Crippen molar-refractivity contribution in [2.75, 3.05) is 25.0 Å². The summed E-state index contributed by atoms with van der Waals surface area (Å²) >= 11 is 5.40. The molecule has 0 aliphatic carbocycles. The van der Waals surface area contributed by atoms with Gasteiger partial charge < -0.3 is 15.5 Å². The fourth-order valence-corrected chi connectivity index (χ4v) is 2.73. The molecule has 0 atom stereocenters. The van der Waals surface area contributed by atoms with Crippen molar-refractivity contribution in [2.24, 2.45) is 0 Å². The van der Waals surface area contributed by atoms with E-state index in [9.17, 15) is 0 Å². The van der Waals surface area contributed by atoms with E-state index in [1.165, 1.54) is 31.5 Å². The maximum absolute atomic E-state index is 5.40. The first-order chi connectivity index (χ1) is 9.19. The van der Waals surface area contributed by atoms with Gasteiger partial charge in [0.05, 0.1) is 0 Å². The zero-order valence-corrected chi connectivity index (χ0v) is 12.6. The summed E-state index contributed by atoms with van der Waals surface area (Å²) in [6.07, 6.45) is 2.34. The molecule has 0 bridgehead atoms. The van der Waals surface area contributed by atoms with E-state index in [4.69, 9.17) is 12.2 Å². The Hall–Kier alpha value is -1.13. The first-order valence-electron chi connectivity index (χ1n) is 7.04. The Balaban J connectivity index is 1.81. The number of aryl methyl sites for hydroxylation is 1. The molecule has 0 amide bonds. The molecule has 4 heteroatoms. The minimum absolute atomic E-state index is 0.506. The molecule has 1 aromatic rings. The Morgan fingerprint density at radius 3 is 2.63 bits per heavy atom. The van der Waals surface area contributed by atoms with Crippen LogP contribution in [0.25, 0.3) is 0 Å². The van der Waals surface area contributed by atoms with Crippen LogP contribution in [0.15, 0.2) is 24.3 Å². The van der Waals surface area contributed by atoms with E-state index in [1.807, 2.05) is 12.1 Å². The lowest BCUT2D eigenvalue weighted by atomic mass is 10.1. The molecule has 2 N–H and O–H groups in total. The van der Waals surface area contributed by atoms with Gasteiger partial charge >= 0.3 is 0 Å². The van der Waals surface area contributed by atoms with Crippen molar-refractivity contribution in [1.82, 2.24) is 10.2 Å². The Morgan fingerprint density at radius 1 is 1.32 bits per heavy atom. The second-order valence-corrected chi connectivity index (χ2v) is 5.53. The Kier molecular flexibility index (Phi) is 5.16. The van der Waals surface area contributed by atoms with Crippen molar-refractivity contribution in [1.29, 1.82) is 0 Å². The van der Waals surface area contributed by atoms with E-state index in [1.54, 1.807) is 0 Å². The number of hydrogen-bond acceptors (Lipinski definition) is 2. The van der Waals surface area contributed by atoms with E-state index >= 15 is 0 Å². The van der Waals surface area contributed by atoms with Gasteiger partial charge in [-0.2, -0.15) is 0 Å². The number of rotatable bonds is 3. The van der Waals surface area contributed by atoms with Crippen LogP contribution in [0.1, 0.15) is 25.3 Å². The normalized spacial score (nSPS) is 17.2. The van der Waals surface area contributed by atoms with Crippen LogP contribution in [0.2, 0.25) is 0 Å². The molecule has 104 valence electrons. The molecular formula is C15H23N3S. The van der Waals surface area contributed by atoms with Crippen LogP contribution in [0.4, 0.5) is 5.69 Å². The molecule has 1 aromatic carbocycles. The first-order valence-corrected chi connectivity index (χ1v) is 7.45. The van der Waals surface area contributed by atoms with Gasteiger partial charge in [0.2, 0.25) is 0 Å². The van der Waals surface area contributed by atoms with Crippen LogP contribution in [-0.4, -0.2) is 35.7 Å². The highest BCUT2D eigenvalue weighted by molar-refractivity contribution is 7.80. The monoisotopic (exact) mass is 277 g/mol. The van der Waals surface area contributed by atoms with Crippen molar-refractivity contribution in [3.05, 3.63) is 29.8 Å². The van der Waals surface area contributed by atoms with Crippen molar-refractivity contribution in [2.45, 2.75) is 32.7 Å². The molecule has 3 nitrogen and oxygen atoms in total. The van der Waals surface area contributed by atoms with Gasteiger partial charge in [-0.1, -0.05) is 25.1 Å². The maximum atomic E-state index is 5.40. The molecule has 1 fully saturated rings. The Labute approximate surface area is 121 Å². The second kappa shape index (κ2) is 6.87. The Bertz CT molecular complexity index is 425. The van der Waals surface area contributed by atoms with Crippen molar-refractivity contribution >= 4 is 23.0 Å². The predicted molar refractivity (Wildman–Crippen MR) is 85.7 cm³/mol. The summed E-state index contributed by atoms with van der Waals surface area (Å²) in [5, 5.41) is 7.46. The van der Waals surface area contributed by atoms with E-state index in [0.717, 1.165) is 17.3 Å². The van der Waals surface area contributed by atoms with Gasteiger partial charge in [0.25, 0.3) is 0 Å². The Morgan fingerprint density at radius 2 is 2.00 bits per heavy atom. The van der Waals surface area contributed by atoms with Crippen LogP contribution >= 0.6 is 12.2 Å². The molecule has 1 aliphatic heterocycles. The number of hydrogen-bond donors (Lipinski definition) is 2. The van der Waals surface area contributed by atoms with Crippen LogP contribution in [0.3, 0.4) is 0 Å². The third kappa shape index (κ3) is 4.18. The highest BCUT2D eigenvalue weighted by Gasteiger charge is 2.18. The van der Waals surface area contributed by atoms with Crippen molar-refractivity contribution in [3.8, 4) is 0 Å². The number of nitrogens with one attached hydrogen (secondary N) is 2. The molecule has 2 rings (SSSR count). The summed E-state index contributed by atoms with van der Waals surface area (Å²) in [6.45, 7) is 7.80. The average Bonchev–Trinajstić information content (AvgIpc) is 2.42. The molecule has 1 saturated heterocycles. The van der Waals surface area contributed by atoms with Gasteiger partial charge in [-0.15, -0.1) is 0 Å². The standard InChI is InChI=1S/C15H23N3S/c1-3-18-10-8-13(9-11-18)16-15(19)17-14-7-5-4-6-12(14)2/h4-7,13H,3,8-11H2,1-2H3,(H2,16,17,19). The summed E-state index contributed by atoms with van der Waals surface area (Å²) in [7, 11) is 0. The predicted octanol–water partition coefficient (Wildman–Crippen LogP) is 2.77. The minimum Gasteiger partial charge on any atom is -0.360 e. The molecular weight excluding hydrogens is 254 g/mol. The van der Waals surface area contributed by atoms with Crippen LogP contribution in [0.5, 0.6) is 0 Å². The van der Waals surface area contributed by atoms with E-state index in [-0.39, 0.29) is 0 Å². The topological polar surface area (TPSA) is 27.3 Å². The maximum Gasteiger partial charge on any atom is 0.171 e. The highest BCUT2D eigenvalue weighted by Crippen LogP contribution is 2.14. The van der Waals surface area contributed by atoms with Crippen LogP contribution < -0.4 is 10.6 Å². The number of thiocarbonyl (C=S) groups is 1. The molecule has 0 saturated carbocycles. The third-order valence-electron chi connectivity index (χ3n) is 3.76. The van der Waals surface area contributed by atoms with Gasteiger partial charge in [0.1, 0.15) is 0 Å². The molecule has 0 aromatic heterocycles. The van der Waals surface area contributed by atoms with Crippen LogP contribution in [-0.2, 0) is 0 Å². The third-order valence-corrected chi connectivity index (χ3v) is 3.98. The largest absolute Gasteiger partial charge is 0.360 e. The van der Waals surface area contributed by atoms with Gasteiger partial charge in [-0.3, -0.25) is 0 Å². The molecule has 0 radical (unpaired) electrons.